The predicted molar refractivity (Wildman–Crippen MR) is 204 cm³/mol. The largest absolute Gasteiger partial charge is 0.481 e. The molecule has 0 atom stereocenters. The number of carboxylic acid groups (broad SMARTS) is 1. The summed E-state index contributed by atoms with van der Waals surface area (Å²) in [5.41, 5.74) is 0. The maximum atomic E-state index is 10.3. The normalized spacial score (nSPS) is 11.4. The first kappa shape index (κ1) is 46.3. The lowest BCUT2D eigenvalue weighted by Gasteiger charge is -2.22. The van der Waals surface area contributed by atoms with Gasteiger partial charge in [0.1, 0.15) is 0 Å². The van der Waals surface area contributed by atoms with E-state index in [9.17, 15) is 4.79 Å². The Balaban J connectivity index is 0. The van der Waals surface area contributed by atoms with Gasteiger partial charge < -0.3 is 10.0 Å². The molecule has 0 fully saturated rings. The summed E-state index contributed by atoms with van der Waals surface area (Å²) in [7, 11) is 0. The summed E-state index contributed by atoms with van der Waals surface area (Å²) in [6, 6.07) is 0. The summed E-state index contributed by atoms with van der Waals surface area (Å²) < 4.78 is 0. The smallest absolute Gasteiger partial charge is 0.303 e. The number of hydrogen-bond donors (Lipinski definition) is 1. The van der Waals surface area contributed by atoms with Crippen molar-refractivity contribution in [1.82, 2.24) is 4.90 Å². The van der Waals surface area contributed by atoms with Gasteiger partial charge in [0.25, 0.3) is 0 Å². The fraction of sp³-hybridized carbons (Fsp3) is 0.929. The summed E-state index contributed by atoms with van der Waals surface area (Å²) >= 11 is 0. The number of rotatable bonds is 36. The zero-order chi connectivity index (χ0) is 33.3. The quantitative estimate of drug-likeness (QED) is 0.0550. The molecule has 270 valence electrons. The Morgan fingerprint density at radius 3 is 0.978 bits per heavy atom. The van der Waals surface area contributed by atoms with Crippen LogP contribution < -0.4 is 0 Å². The Bertz CT molecular complexity index is 523. The second-order valence-electron chi connectivity index (χ2n) is 13.9. The Labute approximate surface area is 285 Å². The van der Waals surface area contributed by atoms with Crippen LogP contribution in [0.15, 0.2) is 12.2 Å². The lowest BCUT2D eigenvalue weighted by atomic mass is 10.1. The molecule has 3 heteroatoms. The van der Waals surface area contributed by atoms with E-state index in [0.29, 0.717) is 6.42 Å². The first-order valence-electron chi connectivity index (χ1n) is 20.7. The van der Waals surface area contributed by atoms with Crippen molar-refractivity contribution < 1.29 is 9.90 Å². The van der Waals surface area contributed by atoms with Gasteiger partial charge in [-0.25, -0.2) is 0 Å². The van der Waals surface area contributed by atoms with Crippen molar-refractivity contribution in [1.29, 1.82) is 0 Å². The van der Waals surface area contributed by atoms with Crippen LogP contribution >= 0.6 is 0 Å². The van der Waals surface area contributed by atoms with Crippen molar-refractivity contribution in [3.05, 3.63) is 12.2 Å². The number of aliphatic carboxylic acids is 1. The van der Waals surface area contributed by atoms with Gasteiger partial charge in [-0.1, -0.05) is 188 Å². The van der Waals surface area contributed by atoms with E-state index < -0.39 is 5.97 Å². The minimum absolute atomic E-state index is 0.332. The molecule has 45 heavy (non-hydrogen) atoms. The highest BCUT2D eigenvalue weighted by atomic mass is 16.4. The van der Waals surface area contributed by atoms with Gasteiger partial charge in [0.15, 0.2) is 0 Å². The van der Waals surface area contributed by atoms with Crippen LogP contribution in [-0.4, -0.2) is 35.6 Å². The third-order valence-electron chi connectivity index (χ3n) is 9.14. The SMILES string of the molecule is CCCCCCCC/C=C\CCCCCCCC(=O)O.CCCCCCCCN(CCCCCCCC)CCCCCCCC. The van der Waals surface area contributed by atoms with Crippen molar-refractivity contribution in [3.63, 3.8) is 0 Å². The maximum absolute atomic E-state index is 10.3. The third kappa shape index (κ3) is 45.3. The number of allylic oxidation sites excluding steroid dienone is 2. The predicted octanol–water partition coefficient (Wildman–Crippen LogP) is 14.5. The lowest BCUT2D eigenvalue weighted by Crippen LogP contribution is -2.27. The van der Waals surface area contributed by atoms with Crippen molar-refractivity contribution in [2.45, 2.75) is 233 Å². The van der Waals surface area contributed by atoms with Gasteiger partial charge >= 0.3 is 5.97 Å². The van der Waals surface area contributed by atoms with E-state index in [0.717, 1.165) is 12.8 Å². The molecular formula is C42H85NO2. The second kappa shape index (κ2) is 43.2. The van der Waals surface area contributed by atoms with E-state index in [1.807, 2.05) is 0 Å². The van der Waals surface area contributed by atoms with Crippen LogP contribution in [-0.2, 0) is 4.79 Å². The van der Waals surface area contributed by atoms with Gasteiger partial charge in [0.05, 0.1) is 0 Å². The molecule has 0 aliphatic rings. The Hall–Kier alpha value is -0.830. The zero-order valence-corrected chi connectivity index (χ0v) is 31.7. The monoisotopic (exact) mass is 636 g/mol. The molecule has 0 bridgehead atoms. The molecular weight excluding hydrogens is 550 g/mol. The van der Waals surface area contributed by atoms with Crippen LogP contribution in [0.5, 0.6) is 0 Å². The first-order chi connectivity index (χ1) is 22.1. The third-order valence-corrected chi connectivity index (χ3v) is 9.14. The number of hydrogen-bond acceptors (Lipinski definition) is 2. The summed E-state index contributed by atoms with van der Waals surface area (Å²) in [4.78, 5) is 13.1. The molecule has 0 amide bonds. The zero-order valence-electron chi connectivity index (χ0n) is 31.7. The highest BCUT2D eigenvalue weighted by Crippen LogP contribution is 2.12. The van der Waals surface area contributed by atoms with Crippen LogP contribution in [0.3, 0.4) is 0 Å². The molecule has 0 spiro atoms. The van der Waals surface area contributed by atoms with Gasteiger partial charge in [-0.3, -0.25) is 4.79 Å². The van der Waals surface area contributed by atoms with Crippen molar-refractivity contribution >= 4 is 5.97 Å². The summed E-state index contributed by atoms with van der Waals surface area (Å²) in [5.74, 6) is -0.664. The molecule has 0 saturated carbocycles. The number of carboxylic acids is 1. The molecule has 0 aromatic carbocycles. The maximum Gasteiger partial charge on any atom is 0.303 e. The fourth-order valence-corrected chi connectivity index (χ4v) is 6.03. The average molecular weight is 636 g/mol. The van der Waals surface area contributed by atoms with Crippen molar-refractivity contribution in [3.8, 4) is 0 Å². The molecule has 0 unspecified atom stereocenters. The van der Waals surface area contributed by atoms with E-state index >= 15 is 0 Å². The van der Waals surface area contributed by atoms with Gasteiger partial charge in [0, 0.05) is 6.42 Å². The van der Waals surface area contributed by atoms with E-state index in [-0.39, 0.29) is 0 Å². The fourth-order valence-electron chi connectivity index (χ4n) is 6.03. The van der Waals surface area contributed by atoms with Gasteiger partial charge in [-0.05, 0) is 71.0 Å². The molecule has 0 radical (unpaired) electrons. The van der Waals surface area contributed by atoms with Gasteiger partial charge in [0.2, 0.25) is 0 Å². The minimum atomic E-state index is -0.664. The summed E-state index contributed by atoms with van der Waals surface area (Å²) in [6.45, 7) is 13.3. The standard InChI is InChI=1S/C24H51N.C18H34O2/c1-4-7-10-13-16-19-22-25(23-20-17-14-11-8-5-2)24-21-18-15-12-9-6-3;1-2-3-4-5-6-7-8-9-10-11-12-13-14-15-16-17-18(19)20/h4-24H2,1-3H3;9-10H,2-8,11-17H2,1H3,(H,19,20)/b;10-9-. The lowest BCUT2D eigenvalue weighted by molar-refractivity contribution is -0.137. The Morgan fingerprint density at radius 2 is 0.667 bits per heavy atom. The molecule has 0 aliphatic heterocycles. The topological polar surface area (TPSA) is 40.5 Å². The second-order valence-corrected chi connectivity index (χ2v) is 13.9. The molecule has 0 aromatic heterocycles. The highest BCUT2D eigenvalue weighted by molar-refractivity contribution is 5.66. The number of carbonyl (C=O) groups is 1. The average Bonchev–Trinajstić information content (AvgIpc) is 3.03. The van der Waals surface area contributed by atoms with Crippen LogP contribution in [0.2, 0.25) is 0 Å². The van der Waals surface area contributed by atoms with Crippen molar-refractivity contribution in [2.75, 3.05) is 19.6 Å². The van der Waals surface area contributed by atoms with Crippen molar-refractivity contribution in [2.24, 2.45) is 0 Å². The molecule has 0 aromatic rings. The van der Waals surface area contributed by atoms with Crippen LogP contribution in [0.25, 0.3) is 0 Å². The van der Waals surface area contributed by atoms with Crippen LogP contribution in [0, 0.1) is 0 Å². The molecule has 1 N–H and O–H groups in total. The molecule has 3 nitrogen and oxygen atoms in total. The van der Waals surface area contributed by atoms with E-state index in [1.165, 1.54) is 206 Å². The summed E-state index contributed by atoms with van der Waals surface area (Å²) in [5, 5.41) is 8.51. The Kier molecular flexibility index (Phi) is 44.4. The van der Waals surface area contributed by atoms with E-state index in [4.69, 9.17) is 5.11 Å². The van der Waals surface area contributed by atoms with E-state index in [2.05, 4.69) is 44.7 Å². The van der Waals surface area contributed by atoms with Gasteiger partial charge in [-0.15, -0.1) is 0 Å². The van der Waals surface area contributed by atoms with Crippen LogP contribution in [0.4, 0.5) is 0 Å². The number of unbranched alkanes of at least 4 members (excludes halogenated alkanes) is 26. The Morgan fingerprint density at radius 1 is 0.400 bits per heavy atom. The van der Waals surface area contributed by atoms with Gasteiger partial charge in [-0.2, -0.15) is 0 Å². The first-order valence-corrected chi connectivity index (χ1v) is 20.7. The minimum Gasteiger partial charge on any atom is -0.481 e. The summed E-state index contributed by atoms with van der Waals surface area (Å²) in [6.07, 6.45) is 47.0. The van der Waals surface area contributed by atoms with E-state index in [1.54, 1.807) is 0 Å². The molecule has 0 rings (SSSR count). The molecule has 0 aliphatic carbocycles. The van der Waals surface area contributed by atoms with Crippen LogP contribution in [0.1, 0.15) is 233 Å². The number of nitrogens with zero attached hydrogens (tertiary/aromatic N) is 1. The molecule has 0 heterocycles. The molecule has 0 saturated heterocycles. The highest BCUT2D eigenvalue weighted by Gasteiger charge is 2.05.